The Morgan fingerprint density at radius 3 is 2.46 bits per heavy atom. The molecule has 0 aromatic carbocycles. The molecular formula is C17H24N6O. The third-order valence-electron chi connectivity index (χ3n) is 4.22. The van der Waals surface area contributed by atoms with Gasteiger partial charge in [-0.05, 0) is 26.7 Å². The van der Waals surface area contributed by atoms with E-state index in [2.05, 4.69) is 33.8 Å². The van der Waals surface area contributed by atoms with Gasteiger partial charge in [0.1, 0.15) is 0 Å². The molecule has 1 aliphatic heterocycles. The van der Waals surface area contributed by atoms with Crippen molar-refractivity contribution in [3.8, 4) is 0 Å². The maximum Gasteiger partial charge on any atom is 0.257 e. The van der Waals surface area contributed by atoms with Crippen LogP contribution >= 0.6 is 0 Å². The van der Waals surface area contributed by atoms with Crippen molar-refractivity contribution in [1.82, 2.24) is 24.6 Å². The van der Waals surface area contributed by atoms with Crippen LogP contribution in [0.25, 0.3) is 0 Å². The van der Waals surface area contributed by atoms with Crippen LogP contribution in [0.2, 0.25) is 0 Å². The number of aromatic nitrogens is 4. The monoisotopic (exact) mass is 328 g/mol. The van der Waals surface area contributed by atoms with E-state index in [-0.39, 0.29) is 5.91 Å². The first-order valence-electron chi connectivity index (χ1n) is 8.40. The largest absolute Gasteiger partial charge is 0.341 e. The quantitative estimate of drug-likeness (QED) is 0.841. The lowest BCUT2D eigenvalue weighted by atomic mass is 10.2. The van der Waals surface area contributed by atoms with Crippen molar-refractivity contribution in [2.75, 3.05) is 25.0 Å². The Morgan fingerprint density at radius 1 is 1.21 bits per heavy atom. The molecule has 1 aliphatic rings. The average molecular weight is 328 g/mol. The van der Waals surface area contributed by atoms with Gasteiger partial charge in [0.05, 0.1) is 11.8 Å². The highest BCUT2D eigenvalue weighted by Crippen LogP contribution is 2.15. The topological polar surface area (TPSA) is 67.2 Å². The number of amides is 1. The molecule has 24 heavy (non-hydrogen) atoms. The van der Waals surface area contributed by atoms with E-state index in [0.717, 1.165) is 18.7 Å². The van der Waals surface area contributed by atoms with Gasteiger partial charge in [0.15, 0.2) is 0 Å². The van der Waals surface area contributed by atoms with E-state index in [1.807, 2.05) is 10.9 Å². The molecule has 1 amide bonds. The Balaban J connectivity index is 1.64. The summed E-state index contributed by atoms with van der Waals surface area (Å²) in [5.41, 5.74) is 1.52. The Bertz CT molecular complexity index is 687. The van der Waals surface area contributed by atoms with Gasteiger partial charge in [-0.1, -0.05) is 0 Å². The molecule has 0 spiro atoms. The number of hydrogen-bond acceptors (Lipinski definition) is 5. The number of carbonyl (C=O) groups excluding carboxylic acids is 1. The van der Waals surface area contributed by atoms with E-state index < -0.39 is 0 Å². The van der Waals surface area contributed by atoms with Crippen molar-refractivity contribution in [3.63, 3.8) is 0 Å². The molecule has 1 fully saturated rings. The van der Waals surface area contributed by atoms with Gasteiger partial charge in [0.2, 0.25) is 5.95 Å². The van der Waals surface area contributed by atoms with Gasteiger partial charge in [-0.25, -0.2) is 9.97 Å². The van der Waals surface area contributed by atoms with Crippen molar-refractivity contribution < 1.29 is 4.79 Å². The van der Waals surface area contributed by atoms with Gasteiger partial charge < -0.3 is 9.80 Å². The lowest BCUT2D eigenvalue weighted by Crippen LogP contribution is -2.27. The number of anilines is 1. The minimum atomic E-state index is -0.0831. The van der Waals surface area contributed by atoms with Crippen LogP contribution in [0.15, 0.2) is 24.8 Å². The second-order valence-electron chi connectivity index (χ2n) is 6.55. The van der Waals surface area contributed by atoms with Crippen LogP contribution in [0.1, 0.15) is 48.7 Å². The summed E-state index contributed by atoms with van der Waals surface area (Å²) in [6, 6.07) is 0.311. The summed E-state index contributed by atoms with van der Waals surface area (Å²) in [5.74, 6) is 0.630. The molecule has 0 atom stereocenters. The Kier molecular flexibility index (Phi) is 4.78. The fraction of sp³-hybridized carbons (Fsp3) is 0.529. The standard InChI is InChI=1S/C17H24N6O/c1-13(2)23-12-14(8-20-23)11-21(3)16(24)15-9-18-17(19-10-15)22-6-4-5-7-22/h8-10,12-13H,4-7,11H2,1-3H3. The maximum absolute atomic E-state index is 12.5. The third kappa shape index (κ3) is 3.55. The van der Waals surface area contributed by atoms with Crippen molar-refractivity contribution in [2.24, 2.45) is 0 Å². The average Bonchev–Trinajstić information content (AvgIpc) is 3.26. The zero-order chi connectivity index (χ0) is 17.1. The summed E-state index contributed by atoms with van der Waals surface area (Å²) < 4.78 is 1.89. The fourth-order valence-electron chi connectivity index (χ4n) is 2.82. The van der Waals surface area contributed by atoms with Gasteiger partial charge in [0, 0.05) is 56.9 Å². The van der Waals surface area contributed by atoms with Crippen LogP contribution in [0.3, 0.4) is 0 Å². The molecule has 0 bridgehead atoms. The lowest BCUT2D eigenvalue weighted by Gasteiger charge is -2.17. The Hall–Kier alpha value is -2.44. The molecular weight excluding hydrogens is 304 g/mol. The minimum absolute atomic E-state index is 0.0831. The zero-order valence-electron chi connectivity index (χ0n) is 14.5. The zero-order valence-corrected chi connectivity index (χ0v) is 14.5. The first kappa shape index (κ1) is 16.4. The normalized spacial score (nSPS) is 14.4. The van der Waals surface area contributed by atoms with Crippen molar-refractivity contribution >= 4 is 11.9 Å². The summed E-state index contributed by atoms with van der Waals surface area (Å²) in [6.45, 7) is 6.65. The number of rotatable bonds is 5. The van der Waals surface area contributed by atoms with Crippen LogP contribution in [0.5, 0.6) is 0 Å². The highest BCUT2D eigenvalue weighted by Gasteiger charge is 2.17. The molecule has 2 aromatic heterocycles. The molecule has 128 valence electrons. The smallest absolute Gasteiger partial charge is 0.257 e. The van der Waals surface area contributed by atoms with Gasteiger partial charge >= 0.3 is 0 Å². The second kappa shape index (κ2) is 6.98. The van der Waals surface area contributed by atoms with E-state index in [1.165, 1.54) is 12.8 Å². The molecule has 0 unspecified atom stereocenters. The lowest BCUT2D eigenvalue weighted by molar-refractivity contribution is 0.0784. The van der Waals surface area contributed by atoms with E-state index in [0.29, 0.717) is 24.1 Å². The predicted octanol–water partition coefficient (Wildman–Crippen LogP) is 2.13. The highest BCUT2D eigenvalue weighted by molar-refractivity contribution is 5.93. The summed E-state index contributed by atoms with van der Waals surface area (Å²) in [5, 5.41) is 4.31. The summed E-state index contributed by atoms with van der Waals surface area (Å²) in [7, 11) is 1.78. The minimum Gasteiger partial charge on any atom is -0.341 e. The van der Waals surface area contributed by atoms with Crippen LogP contribution in [-0.4, -0.2) is 50.7 Å². The second-order valence-corrected chi connectivity index (χ2v) is 6.55. The Morgan fingerprint density at radius 2 is 1.88 bits per heavy atom. The van der Waals surface area contributed by atoms with Crippen molar-refractivity contribution in [1.29, 1.82) is 0 Å². The number of carbonyl (C=O) groups is 1. The molecule has 0 aliphatic carbocycles. The van der Waals surface area contributed by atoms with Gasteiger partial charge in [-0.3, -0.25) is 9.48 Å². The molecule has 0 radical (unpaired) electrons. The fourth-order valence-corrected chi connectivity index (χ4v) is 2.82. The van der Waals surface area contributed by atoms with E-state index in [4.69, 9.17) is 0 Å². The first-order chi connectivity index (χ1) is 11.5. The van der Waals surface area contributed by atoms with Gasteiger partial charge in [0.25, 0.3) is 5.91 Å². The molecule has 1 saturated heterocycles. The molecule has 3 rings (SSSR count). The molecule has 2 aromatic rings. The van der Waals surface area contributed by atoms with E-state index >= 15 is 0 Å². The van der Waals surface area contributed by atoms with Gasteiger partial charge in [-0.2, -0.15) is 5.10 Å². The molecule has 0 saturated carbocycles. The molecule has 0 N–H and O–H groups in total. The summed E-state index contributed by atoms with van der Waals surface area (Å²) in [6.07, 6.45) is 9.37. The number of hydrogen-bond donors (Lipinski definition) is 0. The highest BCUT2D eigenvalue weighted by atomic mass is 16.2. The summed E-state index contributed by atoms with van der Waals surface area (Å²) >= 11 is 0. The maximum atomic E-state index is 12.5. The first-order valence-corrected chi connectivity index (χ1v) is 8.40. The third-order valence-corrected chi connectivity index (χ3v) is 4.22. The van der Waals surface area contributed by atoms with E-state index in [9.17, 15) is 4.79 Å². The van der Waals surface area contributed by atoms with Crippen LogP contribution in [0, 0.1) is 0 Å². The van der Waals surface area contributed by atoms with Crippen LogP contribution in [0.4, 0.5) is 5.95 Å². The SMILES string of the molecule is CC(C)n1cc(CN(C)C(=O)c2cnc(N3CCCC3)nc2)cn1. The molecule has 7 heteroatoms. The predicted molar refractivity (Wildman–Crippen MR) is 91.9 cm³/mol. The van der Waals surface area contributed by atoms with Crippen molar-refractivity contribution in [2.45, 2.75) is 39.3 Å². The molecule has 7 nitrogen and oxygen atoms in total. The van der Waals surface area contributed by atoms with E-state index in [1.54, 1.807) is 30.5 Å². The van der Waals surface area contributed by atoms with Crippen molar-refractivity contribution in [3.05, 3.63) is 35.9 Å². The Labute approximate surface area is 142 Å². The van der Waals surface area contributed by atoms with Crippen LogP contribution < -0.4 is 4.90 Å². The summed E-state index contributed by atoms with van der Waals surface area (Å²) in [4.78, 5) is 25.0. The molecule has 3 heterocycles. The number of nitrogens with zero attached hydrogens (tertiary/aromatic N) is 6. The van der Waals surface area contributed by atoms with Gasteiger partial charge in [-0.15, -0.1) is 0 Å². The van der Waals surface area contributed by atoms with Crippen LogP contribution in [-0.2, 0) is 6.54 Å².